The fourth-order valence-electron chi connectivity index (χ4n) is 0.955. The van der Waals surface area contributed by atoms with Crippen molar-refractivity contribution in [2.45, 2.75) is 18.9 Å². The Bertz CT molecular complexity index is 295. The molecule has 0 aromatic rings. The van der Waals surface area contributed by atoms with Crippen molar-refractivity contribution in [1.82, 2.24) is 5.32 Å². The average molecular weight is 223 g/mol. The van der Waals surface area contributed by atoms with E-state index in [2.05, 4.69) is 17.5 Å². The van der Waals surface area contributed by atoms with Crippen LogP contribution in [0.5, 0.6) is 0 Å². The number of guanidine groups is 1. The Kier molecular flexibility index (Phi) is 5.13. The third kappa shape index (κ3) is 10.9. The molecule has 14 heavy (non-hydrogen) atoms. The van der Waals surface area contributed by atoms with Crippen LogP contribution >= 0.6 is 0 Å². The van der Waals surface area contributed by atoms with Gasteiger partial charge in [0.25, 0.3) is 0 Å². The molecule has 0 saturated carbocycles. The van der Waals surface area contributed by atoms with E-state index in [1.54, 1.807) is 0 Å². The lowest BCUT2D eigenvalue weighted by molar-refractivity contribution is 0.381. The van der Waals surface area contributed by atoms with Gasteiger partial charge in [-0.25, -0.2) is 0 Å². The molecule has 0 saturated heterocycles. The highest BCUT2D eigenvalue weighted by atomic mass is 32.3. The minimum absolute atomic E-state index is 0.0729. The normalized spacial score (nSPS) is 15.9. The fourth-order valence-corrected chi connectivity index (χ4v) is 0.955. The van der Waals surface area contributed by atoms with Crippen LogP contribution in [-0.4, -0.2) is 29.5 Å². The topological polar surface area (TPSA) is 136 Å². The summed E-state index contributed by atoms with van der Waals surface area (Å²) in [5.41, 5.74) is 5.12. The standard InChI is InChI=1S/C6H11N3.H2O4S/c7-6(8)9-5-3-1-2-4-5;1-5(2,3)4/h1-2,5H,3-4H2,(H4,7,8,9);(H2,1,2,3,4). The molecule has 1 rings (SSSR count). The summed E-state index contributed by atoms with van der Waals surface area (Å²) in [5, 5.41) is 9.74. The smallest absolute Gasteiger partial charge is 0.370 e. The largest absolute Gasteiger partial charge is 0.394 e. The Balaban J connectivity index is 0.000000292. The molecule has 0 spiro atoms. The number of hydrogen-bond donors (Lipinski definition) is 5. The van der Waals surface area contributed by atoms with Gasteiger partial charge in [-0.3, -0.25) is 14.5 Å². The summed E-state index contributed by atoms with van der Waals surface area (Å²) < 4.78 is 31.6. The maximum Gasteiger partial charge on any atom is 0.394 e. The summed E-state index contributed by atoms with van der Waals surface area (Å²) in [6.07, 6.45) is 6.19. The summed E-state index contributed by atoms with van der Waals surface area (Å²) in [5.74, 6) is 0.0729. The summed E-state index contributed by atoms with van der Waals surface area (Å²) in [6, 6.07) is 0.377. The predicted octanol–water partition coefficient (Wildman–Crippen LogP) is -0.465. The van der Waals surface area contributed by atoms with Crippen molar-refractivity contribution in [2.24, 2.45) is 5.73 Å². The van der Waals surface area contributed by atoms with Crippen molar-refractivity contribution in [3.8, 4) is 0 Å². The molecule has 7 nitrogen and oxygen atoms in total. The van der Waals surface area contributed by atoms with Crippen LogP contribution in [0, 0.1) is 5.41 Å². The third-order valence-electron chi connectivity index (χ3n) is 1.37. The molecular formula is C6H13N3O4S. The summed E-state index contributed by atoms with van der Waals surface area (Å²) in [6.45, 7) is 0. The van der Waals surface area contributed by atoms with Gasteiger partial charge in [0.1, 0.15) is 0 Å². The molecule has 0 heterocycles. The molecule has 0 radical (unpaired) electrons. The van der Waals surface area contributed by atoms with Gasteiger partial charge in [-0.2, -0.15) is 8.42 Å². The van der Waals surface area contributed by atoms with Crippen LogP contribution in [-0.2, 0) is 10.4 Å². The number of rotatable bonds is 1. The van der Waals surface area contributed by atoms with E-state index in [4.69, 9.17) is 28.7 Å². The van der Waals surface area contributed by atoms with Crippen molar-refractivity contribution in [2.75, 3.05) is 0 Å². The van der Waals surface area contributed by atoms with Gasteiger partial charge >= 0.3 is 10.4 Å². The Morgan fingerprint density at radius 1 is 1.43 bits per heavy atom. The van der Waals surface area contributed by atoms with E-state index in [0.717, 1.165) is 12.8 Å². The van der Waals surface area contributed by atoms with Crippen molar-refractivity contribution in [3.63, 3.8) is 0 Å². The van der Waals surface area contributed by atoms with Crippen LogP contribution in [0.25, 0.3) is 0 Å². The van der Waals surface area contributed by atoms with E-state index >= 15 is 0 Å². The Labute approximate surface area is 82.1 Å². The van der Waals surface area contributed by atoms with Crippen LogP contribution in [0.3, 0.4) is 0 Å². The Hall–Kier alpha value is -1.12. The van der Waals surface area contributed by atoms with Crippen LogP contribution in [0.15, 0.2) is 12.2 Å². The first kappa shape index (κ1) is 12.9. The van der Waals surface area contributed by atoms with E-state index in [9.17, 15) is 0 Å². The molecule has 82 valence electrons. The van der Waals surface area contributed by atoms with Gasteiger partial charge < -0.3 is 11.1 Å². The molecule has 0 bridgehead atoms. The van der Waals surface area contributed by atoms with Crippen molar-refractivity contribution in [3.05, 3.63) is 12.2 Å². The first-order valence-electron chi connectivity index (χ1n) is 3.74. The molecule has 0 aliphatic heterocycles. The first-order chi connectivity index (χ1) is 6.29. The minimum atomic E-state index is -4.67. The van der Waals surface area contributed by atoms with E-state index < -0.39 is 10.4 Å². The molecule has 0 unspecified atom stereocenters. The second-order valence-corrected chi connectivity index (χ2v) is 3.54. The lowest BCUT2D eigenvalue weighted by Gasteiger charge is -2.09. The predicted molar refractivity (Wildman–Crippen MR) is 51.4 cm³/mol. The molecule has 0 atom stereocenters. The van der Waals surface area contributed by atoms with Crippen molar-refractivity contribution in [1.29, 1.82) is 5.41 Å². The molecule has 0 amide bonds. The maximum absolute atomic E-state index is 8.74. The van der Waals surface area contributed by atoms with Gasteiger partial charge in [0.15, 0.2) is 5.96 Å². The zero-order chi connectivity index (χ0) is 11.2. The van der Waals surface area contributed by atoms with Gasteiger partial charge in [0.05, 0.1) is 0 Å². The van der Waals surface area contributed by atoms with E-state index in [1.807, 2.05) is 0 Å². The molecule has 0 aromatic heterocycles. The van der Waals surface area contributed by atoms with Gasteiger partial charge in [-0.05, 0) is 12.8 Å². The highest BCUT2D eigenvalue weighted by Crippen LogP contribution is 2.07. The summed E-state index contributed by atoms with van der Waals surface area (Å²) in [7, 11) is -4.67. The molecular weight excluding hydrogens is 210 g/mol. The quantitative estimate of drug-likeness (QED) is 0.176. The number of nitrogens with two attached hydrogens (primary N) is 1. The average Bonchev–Trinajstić information content (AvgIpc) is 2.33. The van der Waals surface area contributed by atoms with Crippen LogP contribution < -0.4 is 11.1 Å². The minimum Gasteiger partial charge on any atom is -0.370 e. The van der Waals surface area contributed by atoms with Gasteiger partial charge in [-0.15, -0.1) is 0 Å². The van der Waals surface area contributed by atoms with Crippen LogP contribution in [0.2, 0.25) is 0 Å². The van der Waals surface area contributed by atoms with Gasteiger partial charge in [0, 0.05) is 6.04 Å². The highest BCUT2D eigenvalue weighted by molar-refractivity contribution is 7.79. The Morgan fingerprint density at radius 2 is 1.79 bits per heavy atom. The Morgan fingerprint density at radius 3 is 2.07 bits per heavy atom. The number of nitrogens with one attached hydrogen (secondary N) is 2. The zero-order valence-electron chi connectivity index (χ0n) is 7.34. The summed E-state index contributed by atoms with van der Waals surface area (Å²) in [4.78, 5) is 0. The lowest BCUT2D eigenvalue weighted by atomic mass is 10.2. The SMILES string of the molecule is N=C(N)NC1CC=CC1.O=S(=O)(O)O. The molecule has 6 N–H and O–H groups in total. The van der Waals surface area contributed by atoms with Crippen LogP contribution in [0.1, 0.15) is 12.8 Å². The maximum atomic E-state index is 8.74. The molecule has 8 heteroatoms. The fraction of sp³-hybridized carbons (Fsp3) is 0.500. The monoisotopic (exact) mass is 223 g/mol. The zero-order valence-corrected chi connectivity index (χ0v) is 8.16. The molecule has 0 aromatic carbocycles. The first-order valence-corrected chi connectivity index (χ1v) is 5.14. The van der Waals surface area contributed by atoms with E-state index in [0.29, 0.717) is 6.04 Å². The molecule has 0 fully saturated rings. The van der Waals surface area contributed by atoms with Crippen LogP contribution in [0.4, 0.5) is 0 Å². The van der Waals surface area contributed by atoms with Gasteiger partial charge in [-0.1, -0.05) is 12.2 Å². The highest BCUT2D eigenvalue weighted by Gasteiger charge is 2.08. The molecule has 1 aliphatic carbocycles. The van der Waals surface area contributed by atoms with Crippen molar-refractivity contribution >= 4 is 16.4 Å². The van der Waals surface area contributed by atoms with E-state index in [1.165, 1.54) is 0 Å². The molecule has 1 aliphatic rings. The third-order valence-corrected chi connectivity index (χ3v) is 1.37. The second kappa shape index (κ2) is 5.58. The second-order valence-electron chi connectivity index (χ2n) is 2.65. The van der Waals surface area contributed by atoms with Gasteiger partial charge in [0.2, 0.25) is 0 Å². The lowest BCUT2D eigenvalue weighted by Crippen LogP contribution is -2.37. The summed E-state index contributed by atoms with van der Waals surface area (Å²) >= 11 is 0. The van der Waals surface area contributed by atoms with Crippen molar-refractivity contribution < 1.29 is 17.5 Å². The van der Waals surface area contributed by atoms with E-state index in [-0.39, 0.29) is 5.96 Å². The number of hydrogen-bond acceptors (Lipinski definition) is 3.